The Morgan fingerprint density at radius 3 is 2.64 bits per heavy atom. The number of rotatable bonds is 3. The number of imidazole rings is 1. The number of nitrogens with one attached hydrogen (secondary N) is 1. The van der Waals surface area contributed by atoms with Crippen LogP contribution in [-0.4, -0.2) is 41.0 Å². The summed E-state index contributed by atoms with van der Waals surface area (Å²) >= 11 is 0. The Balaban J connectivity index is 1.49. The Kier molecular flexibility index (Phi) is 4.40. The molecule has 1 aliphatic rings. The van der Waals surface area contributed by atoms with Gasteiger partial charge >= 0.3 is 0 Å². The lowest BCUT2D eigenvalue weighted by atomic mass is 10.1. The van der Waals surface area contributed by atoms with Crippen molar-refractivity contribution in [2.75, 3.05) is 31.1 Å². The Bertz CT molecular complexity index is 827. The third-order valence-electron chi connectivity index (χ3n) is 5.11. The lowest BCUT2D eigenvalue weighted by molar-refractivity contribution is 0.222. The van der Waals surface area contributed by atoms with Gasteiger partial charge in [-0.05, 0) is 31.5 Å². The van der Waals surface area contributed by atoms with Crippen LogP contribution in [0, 0.1) is 5.82 Å². The van der Waals surface area contributed by atoms with Crippen molar-refractivity contribution in [1.82, 2.24) is 14.9 Å². The van der Waals surface area contributed by atoms with E-state index >= 15 is 0 Å². The zero-order valence-electron chi connectivity index (χ0n) is 14.5. The Morgan fingerprint density at radius 1 is 1.00 bits per heavy atom. The predicted molar refractivity (Wildman–Crippen MR) is 99.3 cm³/mol. The number of benzene rings is 2. The van der Waals surface area contributed by atoms with Gasteiger partial charge in [0.25, 0.3) is 0 Å². The first-order chi connectivity index (χ1) is 12.2. The summed E-state index contributed by atoms with van der Waals surface area (Å²) in [5, 5.41) is 0. The molecule has 25 heavy (non-hydrogen) atoms. The molecule has 0 saturated carbocycles. The highest BCUT2D eigenvalue weighted by Crippen LogP contribution is 2.25. The van der Waals surface area contributed by atoms with E-state index in [1.165, 1.54) is 0 Å². The monoisotopic (exact) mass is 338 g/mol. The molecular formula is C20H23FN4. The van der Waals surface area contributed by atoms with E-state index < -0.39 is 0 Å². The van der Waals surface area contributed by atoms with Crippen LogP contribution in [0.3, 0.4) is 0 Å². The van der Waals surface area contributed by atoms with Crippen LogP contribution in [0.15, 0.2) is 48.5 Å². The summed E-state index contributed by atoms with van der Waals surface area (Å²) in [6.07, 6.45) is 1.04. The van der Waals surface area contributed by atoms with Crippen LogP contribution >= 0.6 is 0 Å². The molecule has 5 heteroatoms. The summed E-state index contributed by atoms with van der Waals surface area (Å²) in [5.74, 6) is 0.815. The van der Waals surface area contributed by atoms with E-state index in [4.69, 9.17) is 4.98 Å². The van der Waals surface area contributed by atoms with Crippen LogP contribution in [0.25, 0.3) is 11.0 Å². The van der Waals surface area contributed by atoms with Crippen LogP contribution in [0.2, 0.25) is 0 Å². The molecule has 130 valence electrons. The van der Waals surface area contributed by atoms with Gasteiger partial charge in [-0.2, -0.15) is 0 Å². The molecule has 4 rings (SSSR count). The average Bonchev–Trinajstić information content (AvgIpc) is 2.91. The Hall–Kier alpha value is -2.40. The minimum Gasteiger partial charge on any atom is -0.341 e. The van der Waals surface area contributed by atoms with Crippen LogP contribution < -0.4 is 4.90 Å². The van der Waals surface area contributed by atoms with E-state index in [0.717, 1.165) is 55.1 Å². The van der Waals surface area contributed by atoms with Gasteiger partial charge in [0, 0.05) is 37.8 Å². The number of H-pyrrole nitrogens is 1. The van der Waals surface area contributed by atoms with Crippen molar-refractivity contribution >= 4 is 17.0 Å². The quantitative estimate of drug-likeness (QED) is 0.785. The van der Waals surface area contributed by atoms with Crippen molar-refractivity contribution < 1.29 is 4.39 Å². The predicted octanol–water partition coefficient (Wildman–Crippen LogP) is 3.98. The third kappa shape index (κ3) is 3.24. The fraction of sp³-hybridized carbons (Fsp3) is 0.350. The highest BCUT2D eigenvalue weighted by molar-refractivity contribution is 5.77. The topological polar surface area (TPSA) is 35.2 Å². The van der Waals surface area contributed by atoms with Crippen molar-refractivity contribution in [3.63, 3.8) is 0 Å². The zero-order chi connectivity index (χ0) is 17.2. The highest BCUT2D eigenvalue weighted by Gasteiger charge is 2.23. The van der Waals surface area contributed by atoms with E-state index in [-0.39, 0.29) is 11.9 Å². The summed E-state index contributed by atoms with van der Waals surface area (Å²) in [7, 11) is 0. The van der Waals surface area contributed by atoms with Crippen LogP contribution in [0.4, 0.5) is 10.3 Å². The molecular weight excluding hydrogens is 315 g/mol. The number of nitrogens with zero attached hydrogens (tertiary/aromatic N) is 3. The summed E-state index contributed by atoms with van der Waals surface area (Å²) in [6, 6.07) is 15.3. The van der Waals surface area contributed by atoms with Gasteiger partial charge in [-0.1, -0.05) is 30.3 Å². The first kappa shape index (κ1) is 16.1. The van der Waals surface area contributed by atoms with Gasteiger partial charge in [-0.25, -0.2) is 9.37 Å². The van der Waals surface area contributed by atoms with E-state index in [0.29, 0.717) is 0 Å². The highest BCUT2D eigenvalue weighted by atomic mass is 19.1. The number of halogens is 1. The van der Waals surface area contributed by atoms with E-state index in [2.05, 4.69) is 27.8 Å². The molecule has 0 radical (unpaired) electrons. The van der Waals surface area contributed by atoms with Crippen molar-refractivity contribution in [3.05, 3.63) is 59.9 Å². The molecule has 2 heterocycles. The van der Waals surface area contributed by atoms with E-state index in [9.17, 15) is 4.39 Å². The van der Waals surface area contributed by atoms with Gasteiger partial charge in [-0.15, -0.1) is 0 Å². The number of anilines is 1. The molecule has 0 spiro atoms. The maximum absolute atomic E-state index is 14.1. The summed E-state index contributed by atoms with van der Waals surface area (Å²) in [6.45, 7) is 5.80. The molecule has 1 aliphatic heterocycles. The second kappa shape index (κ2) is 6.84. The fourth-order valence-corrected chi connectivity index (χ4v) is 3.64. The maximum atomic E-state index is 14.1. The molecule has 0 bridgehead atoms. The molecule has 0 amide bonds. The molecule has 4 nitrogen and oxygen atoms in total. The van der Waals surface area contributed by atoms with Gasteiger partial charge in [0.15, 0.2) is 0 Å². The smallest absolute Gasteiger partial charge is 0.203 e. The lowest BCUT2D eigenvalue weighted by Gasteiger charge is -2.28. The molecule has 1 aromatic heterocycles. The van der Waals surface area contributed by atoms with Gasteiger partial charge in [0.1, 0.15) is 5.82 Å². The normalized spacial score (nSPS) is 17.6. The second-order valence-electron chi connectivity index (χ2n) is 6.65. The van der Waals surface area contributed by atoms with Crippen LogP contribution in [0.1, 0.15) is 24.9 Å². The van der Waals surface area contributed by atoms with Crippen molar-refractivity contribution in [3.8, 4) is 0 Å². The zero-order valence-corrected chi connectivity index (χ0v) is 14.5. The van der Waals surface area contributed by atoms with Gasteiger partial charge < -0.3 is 9.88 Å². The largest absolute Gasteiger partial charge is 0.341 e. The minimum absolute atomic E-state index is 0.0804. The first-order valence-corrected chi connectivity index (χ1v) is 8.90. The molecule has 3 aromatic rings. The summed E-state index contributed by atoms with van der Waals surface area (Å²) in [5.41, 5.74) is 2.84. The van der Waals surface area contributed by atoms with Gasteiger partial charge in [0.05, 0.1) is 11.0 Å². The molecule has 0 aliphatic carbocycles. The molecule has 1 unspecified atom stereocenters. The second-order valence-corrected chi connectivity index (χ2v) is 6.65. The SMILES string of the molecule is CC(c1ccccc1F)N1CCCN(c2nc3ccccc3[nH]2)CC1. The number of hydrogen-bond donors (Lipinski definition) is 1. The first-order valence-electron chi connectivity index (χ1n) is 8.90. The standard InChI is InChI=1S/C20H23FN4/c1-15(16-7-2-3-8-17(16)21)24-11-6-12-25(14-13-24)20-22-18-9-4-5-10-19(18)23-20/h2-5,7-10,15H,6,11-14H2,1H3,(H,22,23). The Morgan fingerprint density at radius 2 is 1.80 bits per heavy atom. The van der Waals surface area contributed by atoms with Gasteiger partial charge in [-0.3, -0.25) is 4.90 Å². The maximum Gasteiger partial charge on any atom is 0.203 e. The fourth-order valence-electron chi connectivity index (χ4n) is 3.64. The third-order valence-corrected chi connectivity index (χ3v) is 5.11. The summed E-state index contributed by atoms with van der Waals surface area (Å²) in [4.78, 5) is 12.8. The molecule has 1 saturated heterocycles. The van der Waals surface area contributed by atoms with Crippen LogP contribution in [-0.2, 0) is 0 Å². The lowest BCUT2D eigenvalue weighted by Crippen LogP contribution is -2.33. The summed E-state index contributed by atoms with van der Waals surface area (Å²) < 4.78 is 14.1. The van der Waals surface area contributed by atoms with Crippen molar-refractivity contribution in [2.24, 2.45) is 0 Å². The van der Waals surface area contributed by atoms with Crippen molar-refractivity contribution in [2.45, 2.75) is 19.4 Å². The molecule has 1 fully saturated rings. The van der Waals surface area contributed by atoms with Gasteiger partial charge in [0.2, 0.25) is 5.95 Å². The van der Waals surface area contributed by atoms with Crippen molar-refractivity contribution in [1.29, 1.82) is 0 Å². The van der Waals surface area contributed by atoms with E-state index in [1.807, 2.05) is 30.3 Å². The number of aromatic nitrogens is 2. The number of hydrogen-bond acceptors (Lipinski definition) is 3. The minimum atomic E-state index is -0.117. The average molecular weight is 338 g/mol. The molecule has 1 atom stereocenters. The number of aromatic amines is 1. The molecule has 2 aromatic carbocycles. The van der Waals surface area contributed by atoms with Crippen LogP contribution in [0.5, 0.6) is 0 Å². The Labute approximate surface area is 147 Å². The molecule has 1 N–H and O–H groups in total. The number of fused-ring (bicyclic) bond motifs is 1. The van der Waals surface area contributed by atoms with E-state index in [1.54, 1.807) is 12.1 Å². The number of para-hydroxylation sites is 2.